The molecule has 0 unspecified atom stereocenters. The van der Waals surface area contributed by atoms with E-state index >= 15 is 0 Å². The number of carbonyl (C=O) groups excluding carboxylic acids is 2. The monoisotopic (exact) mass is 292 g/mol. The van der Waals surface area contributed by atoms with Crippen molar-refractivity contribution in [2.45, 2.75) is 52.7 Å². The molecule has 5 nitrogen and oxygen atoms in total. The molecule has 1 N–H and O–H groups in total. The van der Waals surface area contributed by atoms with Crippen LogP contribution in [0.4, 0.5) is 0 Å². The van der Waals surface area contributed by atoms with Crippen LogP contribution in [0, 0.1) is 5.92 Å². The average Bonchev–Trinajstić information content (AvgIpc) is 2.34. The van der Waals surface area contributed by atoms with Gasteiger partial charge in [-0.2, -0.15) is 0 Å². The first kappa shape index (κ1) is 17.1. The van der Waals surface area contributed by atoms with E-state index in [1.807, 2.05) is 19.9 Å². The van der Waals surface area contributed by atoms with Gasteiger partial charge in [0.1, 0.15) is 11.6 Å². The number of nitrogens with one attached hydrogen (secondary N) is 1. The fraction of sp³-hybridized carbons (Fsp3) is 0.562. The quantitative estimate of drug-likeness (QED) is 0.844. The fourth-order valence-corrected chi connectivity index (χ4v) is 1.78. The highest BCUT2D eigenvalue weighted by atomic mass is 16.6. The Bertz CT molecular complexity index is 478. The Morgan fingerprint density at radius 3 is 2.48 bits per heavy atom. The predicted molar refractivity (Wildman–Crippen MR) is 80.6 cm³/mol. The summed E-state index contributed by atoms with van der Waals surface area (Å²) in [5.74, 6) is -0.665. The van der Waals surface area contributed by atoms with E-state index in [-0.39, 0.29) is 18.2 Å². The first-order valence-electron chi connectivity index (χ1n) is 7.10. The van der Waals surface area contributed by atoms with E-state index in [0.29, 0.717) is 0 Å². The summed E-state index contributed by atoms with van der Waals surface area (Å²) in [6.07, 6.45) is 3.48. The lowest BCUT2D eigenvalue weighted by atomic mass is 10.0. The number of amides is 1. The summed E-state index contributed by atoms with van der Waals surface area (Å²) in [7, 11) is 0. The van der Waals surface area contributed by atoms with Gasteiger partial charge < -0.3 is 10.1 Å². The van der Waals surface area contributed by atoms with Gasteiger partial charge >= 0.3 is 5.97 Å². The zero-order chi connectivity index (χ0) is 16.0. The van der Waals surface area contributed by atoms with Gasteiger partial charge in [-0.15, -0.1) is 0 Å². The molecule has 0 aliphatic rings. The largest absolute Gasteiger partial charge is 0.458 e. The number of aromatic nitrogens is 1. The molecule has 0 spiro atoms. The Morgan fingerprint density at radius 2 is 2.00 bits per heavy atom. The van der Waals surface area contributed by atoms with Gasteiger partial charge in [0.25, 0.3) is 0 Å². The molecule has 0 aromatic carbocycles. The van der Waals surface area contributed by atoms with E-state index in [4.69, 9.17) is 4.74 Å². The number of pyridine rings is 1. The second kappa shape index (κ2) is 7.20. The molecule has 0 aliphatic heterocycles. The molecule has 1 atom stereocenters. The standard InChI is InChI=1S/C16H24N2O3/c1-11(2)14(15(20)21-16(3,4)5)18-13(19)9-12-7-6-8-17-10-12/h6-8,10-11,14H,9H2,1-5H3,(H,18,19)/t14-/m0/s1. The fourth-order valence-electron chi connectivity index (χ4n) is 1.78. The molecule has 1 heterocycles. The lowest BCUT2D eigenvalue weighted by Crippen LogP contribution is -2.47. The minimum Gasteiger partial charge on any atom is -0.458 e. The van der Waals surface area contributed by atoms with Gasteiger partial charge in [-0.3, -0.25) is 9.78 Å². The molecule has 0 radical (unpaired) electrons. The number of ether oxygens (including phenoxy) is 1. The van der Waals surface area contributed by atoms with E-state index in [9.17, 15) is 9.59 Å². The Labute approximate surface area is 126 Å². The van der Waals surface area contributed by atoms with Crippen LogP contribution >= 0.6 is 0 Å². The molecule has 0 bridgehead atoms. The molecular formula is C16H24N2O3. The highest BCUT2D eigenvalue weighted by Crippen LogP contribution is 2.12. The number of hydrogen-bond acceptors (Lipinski definition) is 4. The average molecular weight is 292 g/mol. The summed E-state index contributed by atoms with van der Waals surface area (Å²) in [6.45, 7) is 9.16. The molecule has 1 aromatic rings. The van der Waals surface area contributed by atoms with Gasteiger partial charge in [0.2, 0.25) is 5.91 Å². The molecule has 1 amide bonds. The van der Waals surface area contributed by atoms with Crippen molar-refractivity contribution in [3.8, 4) is 0 Å². The van der Waals surface area contributed by atoms with Crippen LogP contribution in [0.3, 0.4) is 0 Å². The maximum Gasteiger partial charge on any atom is 0.329 e. The molecule has 5 heteroatoms. The topological polar surface area (TPSA) is 68.3 Å². The van der Waals surface area contributed by atoms with E-state index in [1.165, 1.54) is 0 Å². The second-order valence-electron chi connectivity index (χ2n) is 6.36. The third-order valence-corrected chi connectivity index (χ3v) is 2.73. The lowest BCUT2D eigenvalue weighted by molar-refractivity contribution is -0.159. The van der Waals surface area contributed by atoms with E-state index in [0.717, 1.165) is 5.56 Å². The van der Waals surface area contributed by atoms with Crippen molar-refractivity contribution in [3.63, 3.8) is 0 Å². The first-order valence-corrected chi connectivity index (χ1v) is 7.10. The molecule has 0 saturated heterocycles. The third-order valence-electron chi connectivity index (χ3n) is 2.73. The number of hydrogen-bond donors (Lipinski definition) is 1. The second-order valence-corrected chi connectivity index (χ2v) is 6.36. The summed E-state index contributed by atoms with van der Waals surface area (Å²) in [6, 6.07) is 2.95. The van der Waals surface area contributed by atoms with Crippen molar-refractivity contribution < 1.29 is 14.3 Å². The van der Waals surface area contributed by atoms with E-state index in [1.54, 1.807) is 39.2 Å². The summed E-state index contributed by atoms with van der Waals surface area (Å²) < 4.78 is 5.35. The molecule has 0 fully saturated rings. The van der Waals surface area contributed by atoms with Crippen LogP contribution in [-0.4, -0.2) is 28.5 Å². The minimum atomic E-state index is -0.645. The summed E-state index contributed by atoms with van der Waals surface area (Å²) >= 11 is 0. The zero-order valence-electron chi connectivity index (χ0n) is 13.3. The number of rotatable bonds is 5. The minimum absolute atomic E-state index is 0.0438. The Hall–Kier alpha value is -1.91. The molecule has 1 rings (SSSR count). The summed E-state index contributed by atoms with van der Waals surface area (Å²) in [5, 5.41) is 2.75. The van der Waals surface area contributed by atoms with Crippen LogP contribution in [0.15, 0.2) is 24.5 Å². The highest BCUT2D eigenvalue weighted by Gasteiger charge is 2.29. The van der Waals surface area contributed by atoms with Crippen LogP contribution in [0.2, 0.25) is 0 Å². The molecule has 116 valence electrons. The van der Waals surface area contributed by atoms with Crippen molar-refractivity contribution >= 4 is 11.9 Å². The van der Waals surface area contributed by atoms with Gasteiger partial charge in [0, 0.05) is 12.4 Å². The number of nitrogens with zero attached hydrogens (tertiary/aromatic N) is 1. The van der Waals surface area contributed by atoms with E-state index in [2.05, 4.69) is 10.3 Å². The molecular weight excluding hydrogens is 268 g/mol. The van der Waals surface area contributed by atoms with Gasteiger partial charge in [0.15, 0.2) is 0 Å². The maximum atomic E-state index is 12.1. The Kier molecular flexibility index (Phi) is 5.88. The van der Waals surface area contributed by atoms with Crippen molar-refractivity contribution in [2.75, 3.05) is 0 Å². The van der Waals surface area contributed by atoms with Crippen molar-refractivity contribution in [2.24, 2.45) is 5.92 Å². The Balaban J connectivity index is 2.66. The Morgan fingerprint density at radius 1 is 1.33 bits per heavy atom. The van der Waals surface area contributed by atoms with Gasteiger partial charge in [0.05, 0.1) is 6.42 Å². The van der Waals surface area contributed by atoms with Gasteiger partial charge in [-0.25, -0.2) is 4.79 Å². The van der Waals surface area contributed by atoms with Gasteiger partial charge in [-0.1, -0.05) is 19.9 Å². The lowest BCUT2D eigenvalue weighted by Gasteiger charge is -2.26. The van der Waals surface area contributed by atoms with Crippen LogP contribution in [0.5, 0.6) is 0 Å². The van der Waals surface area contributed by atoms with Crippen molar-refractivity contribution in [3.05, 3.63) is 30.1 Å². The van der Waals surface area contributed by atoms with Crippen LogP contribution in [-0.2, 0) is 20.7 Å². The zero-order valence-corrected chi connectivity index (χ0v) is 13.3. The summed E-state index contributed by atoms with van der Waals surface area (Å²) in [5.41, 5.74) is 0.236. The number of carbonyl (C=O) groups is 2. The maximum absolute atomic E-state index is 12.1. The number of esters is 1. The van der Waals surface area contributed by atoms with Crippen LogP contribution < -0.4 is 5.32 Å². The summed E-state index contributed by atoms with van der Waals surface area (Å²) in [4.78, 5) is 28.2. The van der Waals surface area contributed by atoms with Gasteiger partial charge in [-0.05, 0) is 38.3 Å². The normalized spacial score (nSPS) is 12.9. The van der Waals surface area contributed by atoms with E-state index < -0.39 is 17.6 Å². The molecule has 1 aromatic heterocycles. The van der Waals surface area contributed by atoms with Crippen LogP contribution in [0.1, 0.15) is 40.2 Å². The van der Waals surface area contributed by atoms with Crippen molar-refractivity contribution in [1.29, 1.82) is 0 Å². The third kappa shape index (κ3) is 6.38. The SMILES string of the molecule is CC(C)[C@H](NC(=O)Cc1cccnc1)C(=O)OC(C)(C)C. The highest BCUT2D eigenvalue weighted by molar-refractivity contribution is 5.85. The molecule has 0 saturated carbocycles. The van der Waals surface area contributed by atoms with Crippen LogP contribution in [0.25, 0.3) is 0 Å². The predicted octanol–water partition coefficient (Wildman–Crippen LogP) is 2.11. The smallest absolute Gasteiger partial charge is 0.329 e. The van der Waals surface area contributed by atoms with Crippen molar-refractivity contribution in [1.82, 2.24) is 10.3 Å². The molecule has 0 aliphatic carbocycles. The first-order chi connectivity index (χ1) is 9.69. The molecule has 21 heavy (non-hydrogen) atoms.